The van der Waals surface area contributed by atoms with E-state index in [1.165, 1.54) is 0 Å². The van der Waals surface area contributed by atoms with E-state index in [1.54, 1.807) is 18.3 Å². The minimum atomic E-state index is 0.224. The van der Waals surface area contributed by atoms with E-state index in [1.807, 2.05) is 24.4 Å². The van der Waals surface area contributed by atoms with Crippen molar-refractivity contribution in [3.05, 3.63) is 54.7 Å². The van der Waals surface area contributed by atoms with Gasteiger partial charge in [-0.1, -0.05) is 19.1 Å². The summed E-state index contributed by atoms with van der Waals surface area (Å²) in [6.07, 6.45) is 8.99. The number of aryl methyl sites for hydroxylation is 1. The lowest BCUT2D eigenvalue weighted by molar-refractivity contribution is 0.394. The molecule has 0 amide bonds. The van der Waals surface area contributed by atoms with Crippen molar-refractivity contribution in [3.8, 4) is 17.1 Å². The average molecular weight is 349 g/mol. The number of piperidine rings is 1. The SMILES string of the molecule is CCc1nccn1C1CCCN(c2ccnc(-c3cccc(O)c3)n2)C1. The highest BCUT2D eigenvalue weighted by Gasteiger charge is 2.23. The van der Waals surface area contributed by atoms with E-state index in [-0.39, 0.29) is 5.75 Å². The summed E-state index contributed by atoms with van der Waals surface area (Å²) in [5, 5.41) is 9.71. The predicted octanol–water partition coefficient (Wildman–Crippen LogP) is 3.45. The van der Waals surface area contributed by atoms with Gasteiger partial charge in [0.15, 0.2) is 5.82 Å². The lowest BCUT2D eigenvalue weighted by Gasteiger charge is -2.34. The summed E-state index contributed by atoms with van der Waals surface area (Å²) in [4.78, 5) is 15.9. The van der Waals surface area contributed by atoms with Crippen LogP contribution in [0.3, 0.4) is 0 Å². The molecule has 0 spiro atoms. The van der Waals surface area contributed by atoms with Gasteiger partial charge in [-0.25, -0.2) is 15.0 Å². The number of phenols is 1. The molecule has 6 heteroatoms. The lowest BCUT2D eigenvalue weighted by atomic mass is 10.1. The van der Waals surface area contributed by atoms with Crippen LogP contribution in [-0.2, 0) is 6.42 Å². The van der Waals surface area contributed by atoms with Crippen molar-refractivity contribution in [3.63, 3.8) is 0 Å². The first-order valence-electron chi connectivity index (χ1n) is 9.13. The van der Waals surface area contributed by atoms with Crippen LogP contribution in [0.5, 0.6) is 5.75 Å². The normalized spacial score (nSPS) is 17.4. The lowest BCUT2D eigenvalue weighted by Crippen LogP contribution is -2.37. The summed E-state index contributed by atoms with van der Waals surface area (Å²) in [7, 11) is 0. The number of hydrogen-bond acceptors (Lipinski definition) is 5. The molecule has 0 radical (unpaired) electrons. The van der Waals surface area contributed by atoms with Gasteiger partial charge in [-0.05, 0) is 31.0 Å². The first-order chi connectivity index (χ1) is 12.7. The zero-order valence-corrected chi connectivity index (χ0v) is 14.9. The molecule has 6 nitrogen and oxygen atoms in total. The summed E-state index contributed by atoms with van der Waals surface area (Å²) >= 11 is 0. The second-order valence-electron chi connectivity index (χ2n) is 6.64. The number of phenolic OH excluding ortho intramolecular Hbond substituents is 1. The van der Waals surface area contributed by atoms with Crippen molar-refractivity contribution in [2.24, 2.45) is 0 Å². The van der Waals surface area contributed by atoms with E-state index in [0.29, 0.717) is 11.9 Å². The van der Waals surface area contributed by atoms with Gasteiger partial charge in [-0.3, -0.25) is 0 Å². The molecule has 1 N–H and O–H groups in total. The molecular weight excluding hydrogens is 326 g/mol. The zero-order chi connectivity index (χ0) is 17.9. The largest absolute Gasteiger partial charge is 0.508 e. The zero-order valence-electron chi connectivity index (χ0n) is 14.9. The number of aromatic hydroxyl groups is 1. The van der Waals surface area contributed by atoms with E-state index >= 15 is 0 Å². The van der Waals surface area contributed by atoms with Gasteiger partial charge in [0.25, 0.3) is 0 Å². The van der Waals surface area contributed by atoms with Crippen molar-refractivity contribution in [1.82, 2.24) is 19.5 Å². The summed E-state index contributed by atoms with van der Waals surface area (Å²) < 4.78 is 2.31. The maximum Gasteiger partial charge on any atom is 0.161 e. The molecule has 134 valence electrons. The van der Waals surface area contributed by atoms with Crippen molar-refractivity contribution in [2.45, 2.75) is 32.2 Å². The topological polar surface area (TPSA) is 67.1 Å². The van der Waals surface area contributed by atoms with E-state index in [4.69, 9.17) is 4.98 Å². The fraction of sp³-hybridized carbons (Fsp3) is 0.350. The van der Waals surface area contributed by atoms with Gasteiger partial charge in [0.2, 0.25) is 0 Å². The number of aromatic nitrogens is 4. The summed E-state index contributed by atoms with van der Waals surface area (Å²) in [6, 6.07) is 9.44. The monoisotopic (exact) mass is 349 g/mol. The van der Waals surface area contributed by atoms with Crippen LogP contribution in [0.25, 0.3) is 11.4 Å². The highest BCUT2D eigenvalue weighted by atomic mass is 16.3. The molecule has 0 aliphatic carbocycles. The van der Waals surface area contributed by atoms with Crippen LogP contribution >= 0.6 is 0 Å². The van der Waals surface area contributed by atoms with Crippen molar-refractivity contribution >= 4 is 5.82 Å². The van der Waals surface area contributed by atoms with Crippen LogP contribution in [0, 0.1) is 0 Å². The van der Waals surface area contributed by atoms with E-state index in [2.05, 4.69) is 32.6 Å². The van der Waals surface area contributed by atoms with Gasteiger partial charge < -0.3 is 14.6 Å². The Labute approximate surface area is 153 Å². The van der Waals surface area contributed by atoms with E-state index < -0.39 is 0 Å². The van der Waals surface area contributed by atoms with Crippen LogP contribution in [0.15, 0.2) is 48.9 Å². The van der Waals surface area contributed by atoms with Gasteiger partial charge in [0, 0.05) is 43.7 Å². The summed E-state index contributed by atoms with van der Waals surface area (Å²) in [5.74, 6) is 2.93. The molecule has 3 heterocycles. The molecule has 1 aliphatic heterocycles. The average Bonchev–Trinajstić information content (AvgIpc) is 3.17. The maximum atomic E-state index is 9.71. The first-order valence-corrected chi connectivity index (χ1v) is 9.13. The minimum Gasteiger partial charge on any atom is -0.508 e. The fourth-order valence-electron chi connectivity index (χ4n) is 3.65. The van der Waals surface area contributed by atoms with Crippen molar-refractivity contribution < 1.29 is 5.11 Å². The summed E-state index contributed by atoms with van der Waals surface area (Å²) in [5.41, 5.74) is 0.822. The quantitative estimate of drug-likeness (QED) is 0.781. The number of imidazole rings is 1. The standard InChI is InChI=1S/C20H23N5O/c1-2-18-21-10-12-25(18)16-6-4-11-24(14-16)19-8-9-22-20(23-19)15-5-3-7-17(26)13-15/h3,5,7-10,12-13,16,26H,2,4,6,11,14H2,1H3. The Kier molecular flexibility index (Phi) is 4.56. The Balaban J connectivity index is 1.58. The second kappa shape index (κ2) is 7.15. The van der Waals surface area contributed by atoms with Crippen LogP contribution in [0.4, 0.5) is 5.82 Å². The second-order valence-corrected chi connectivity index (χ2v) is 6.64. The molecular formula is C20H23N5O. The number of rotatable bonds is 4. The number of hydrogen-bond donors (Lipinski definition) is 1. The van der Waals surface area contributed by atoms with Crippen LogP contribution < -0.4 is 4.90 Å². The molecule has 1 fully saturated rings. The Morgan fingerprint density at radius 3 is 2.96 bits per heavy atom. The van der Waals surface area contributed by atoms with Gasteiger partial charge in [0.1, 0.15) is 17.4 Å². The van der Waals surface area contributed by atoms with Crippen LogP contribution in [-0.4, -0.2) is 37.7 Å². The molecule has 0 saturated carbocycles. The Morgan fingerprint density at radius 1 is 1.19 bits per heavy atom. The van der Waals surface area contributed by atoms with E-state index in [9.17, 15) is 5.11 Å². The highest BCUT2D eigenvalue weighted by Crippen LogP contribution is 2.27. The Bertz CT molecular complexity index is 891. The molecule has 0 bridgehead atoms. The molecule has 1 aromatic carbocycles. The maximum absolute atomic E-state index is 9.71. The van der Waals surface area contributed by atoms with Gasteiger partial charge in [0.05, 0.1) is 6.04 Å². The van der Waals surface area contributed by atoms with Gasteiger partial charge in [-0.15, -0.1) is 0 Å². The third kappa shape index (κ3) is 3.27. The highest BCUT2D eigenvalue weighted by molar-refractivity contribution is 5.59. The predicted molar refractivity (Wildman–Crippen MR) is 101 cm³/mol. The smallest absolute Gasteiger partial charge is 0.161 e. The molecule has 3 aromatic rings. The third-order valence-electron chi connectivity index (χ3n) is 4.92. The molecule has 1 saturated heterocycles. The fourth-order valence-corrected chi connectivity index (χ4v) is 3.65. The molecule has 2 aromatic heterocycles. The number of anilines is 1. The molecule has 1 atom stereocenters. The Morgan fingerprint density at radius 2 is 2.12 bits per heavy atom. The first kappa shape index (κ1) is 16.6. The van der Waals surface area contributed by atoms with Gasteiger partial charge in [-0.2, -0.15) is 0 Å². The van der Waals surface area contributed by atoms with Crippen molar-refractivity contribution in [2.75, 3.05) is 18.0 Å². The number of nitrogens with zero attached hydrogens (tertiary/aromatic N) is 5. The third-order valence-corrected chi connectivity index (χ3v) is 4.92. The van der Waals surface area contributed by atoms with E-state index in [0.717, 1.165) is 49.6 Å². The van der Waals surface area contributed by atoms with Crippen LogP contribution in [0.2, 0.25) is 0 Å². The minimum absolute atomic E-state index is 0.224. The molecule has 4 rings (SSSR count). The van der Waals surface area contributed by atoms with Crippen LogP contribution in [0.1, 0.15) is 31.6 Å². The molecule has 1 aliphatic rings. The molecule has 26 heavy (non-hydrogen) atoms. The van der Waals surface area contributed by atoms with Gasteiger partial charge >= 0.3 is 0 Å². The Hall–Kier alpha value is -2.89. The molecule has 1 unspecified atom stereocenters. The summed E-state index contributed by atoms with van der Waals surface area (Å²) in [6.45, 7) is 4.05. The van der Waals surface area contributed by atoms with Crippen molar-refractivity contribution in [1.29, 1.82) is 0 Å². The number of benzene rings is 1.